The summed E-state index contributed by atoms with van der Waals surface area (Å²) in [6.07, 6.45) is 4.91. The Bertz CT molecular complexity index is 703. The molecule has 1 aliphatic carbocycles. The van der Waals surface area contributed by atoms with Gasteiger partial charge in [0.1, 0.15) is 4.34 Å². The molecule has 1 fully saturated rings. The van der Waals surface area contributed by atoms with Gasteiger partial charge in [-0.1, -0.05) is 18.7 Å². The van der Waals surface area contributed by atoms with E-state index in [9.17, 15) is 4.79 Å². The van der Waals surface area contributed by atoms with Crippen LogP contribution < -0.4 is 5.32 Å². The maximum Gasteiger partial charge on any atom is 0.289 e. The first-order valence-corrected chi connectivity index (χ1v) is 10.2. The molecule has 0 unspecified atom stereocenters. The molecule has 5 nitrogen and oxygen atoms in total. The number of aromatic nitrogens is 2. The van der Waals surface area contributed by atoms with Crippen molar-refractivity contribution in [2.45, 2.75) is 68.5 Å². The summed E-state index contributed by atoms with van der Waals surface area (Å²) in [7, 11) is 0. The SMILES string of the molecule is CCc1nc(C)c(C(=O)NC2CCC(Sc3nc(C)cs3)CC2)o1. The van der Waals surface area contributed by atoms with Crippen LogP contribution >= 0.6 is 23.1 Å². The molecule has 1 aliphatic rings. The highest BCUT2D eigenvalue weighted by Crippen LogP contribution is 2.35. The standard InChI is InChI=1S/C17H23N3O2S2/c1-4-14-19-11(3)15(22-14)16(21)20-12-5-7-13(8-6-12)24-17-18-10(2)9-23-17/h9,12-13H,4-8H2,1-3H3,(H,20,21). The summed E-state index contributed by atoms with van der Waals surface area (Å²) in [6.45, 7) is 5.82. The number of hydrogen-bond acceptors (Lipinski definition) is 6. The maximum absolute atomic E-state index is 12.4. The summed E-state index contributed by atoms with van der Waals surface area (Å²) in [4.78, 5) is 21.2. The Morgan fingerprint density at radius 3 is 2.67 bits per heavy atom. The Balaban J connectivity index is 1.49. The second-order valence-corrected chi connectivity index (χ2v) is 8.60. The number of aryl methyl sites for hydroxylation is 3. The molecule has 0 spiro atoms. The van der Waals surface area contributed by atoms with Crippen LogP contribution in [0, 0.1) is 13.8 Å². The monoisotopic (exact) mass is 365 g/mol. The zero-order valence-corrected chi connectivity index (χ0v) is 15.9. The summed E-state index contributed by atoms with van der Waals surface area (Å²) in [5.74, 6) is 0.851. The van der Waals surface area contributed by atoms with Gasteiger partial charge in [0.25, 0.3) is 5.91 Å². The topological polar surface area (TPSA) is 68.0 Å². The number of hydrogen-bond donors (Lipinski definition) is 1. The van der Waals surface area contributed by atoms with Crippen molar-refractivity contribution in [1.29, 1.82) is 0 Å². The lowest BCUT2D eigenvalue weighted by atomic mass is 9.95. The van der Waals surface area contributed by atoms with Crippen LogP contribution in [-0.4, -0.2) is 27.2 Å². The molecule has 0 aliphatic heterocycles. The van der Waals surface area contributed by atoms with Gasteiger partial charge in [0, 0.05) is 28.8 Å². The third kappa shape index (κ3) is 4.19. The molecule has 1 saturated carbocycles. The smallest absolute Gasteiger partial charge is 0.289 e. The van der Waals surface area contributed by atoms with Crippen molar-refractivity contribution in [2.24, 2.45) is 0 Å². The molecule has 1 N–H and O–H groups in total. The quantitative estimate of drug-likeness (QED) is 0.862. The average Bonchev–Trinajstić information content (AvgIpc) is 3.14. The van der Waals surface area contributed by atoms with E-state index < -0.39 is 0 Å². The highest BCUT2D eigenvalue weighted by atomic mass is 32.2. The van der Waals surface area contributed by atoms with Gasteiger partial charge >= 0.3 is 0 Å². The average molecular weight is 366 g/mol. The molecule has 7 heteroatoms. The molecule has 0 aromatic carbocycles. The van der Waals surface area contributed by atoms with Gasteiger partial charge < -0.3 is 9.73 Å². The molecule has 2 heterocycles. The first-order chi connectivity index (χ1) is 11.5. The number of thiazole rings is 1. The minimum atomic E-state index is -0.133. The highest BCUT2D eigenvalue weighted by molar-refractivity contribution is 8.01. The Morgan fingerprint density at radius 1 is 1.33 bits per heavy atom. The predicted molar refractivity (Wildman–Crippen MR) is 96.8 cm³/mol. The lowest BCUT2D eigenvalue weighted by Crippen LogP contribution is -2.38. The van der Waals surface area contributed by atoms with Crippen LogP contribution in [-0.2, 0) is 6.42 Å². The molecular weight excluding hydrogens is 342 g/mol. The fourth-order valence-corrected chi connectivity index (χ4v) is 5.20. The zero-order chi connectivity index (χ0) is 17.1. The van der Waals surface area contributed by atoms with Crippen LogP contribution in [0.25, 0.3) is 0 Å². The number of amides is 1. The third-order valence-electron chi connectivity index (χ3n) is 4.22. The Morgan fingerprint density at radius 2 is 2.08 bits per heavy atom. The van der Waals surface area contributed by atoms with Gasteiger partial charge in [0.15, 0.2) is 5.89 Å². The van der Waals surface area contributed by atoms with Gasteiger partial charge in [-0.3, -0.25) is 4.79 Å². The van der Waals surface area contributed by atoms with Crippen molar-refractivity contribution in [1.82, 2.24) is 15.3 Å². The second-order valence-electron chi connectivity index (χ2n) is 6.20. The molecular formula is C17H23N3O2S2. The molecule has 2 aromatic heterocycles. The van der Waals surface area contributed by atoms with Crippen LogP contribution in [0.4, 0.5) is 0 Å². The van der Waals surface area contributed by atoms with E-state index in [0.717, 1.165) is 35.7 Å². The van der Waals surface area contributed by atoms with E-state index >= 15 is 0 Å². The summed E-state index contributed by atoms with van der Waals surface area (Å²) in [5, 5.41) is 5.80. The predicted octanol–water partition coefficient (Wildman–Crippen LogP) is 4.14. The summed E-state index contributed by atoms with van der Waals surface area (Å²) >= 11 is 3.60. The van der Waals surface area contributed by atoms with Crippen molar-refractivity contribution in [2.75, 3.05) is 0 Å². The molecule has 1 amide bonds. The minimum Gasteiger partial charge on any atom is -0.435 e. The van der Waals surface area contributed by atoms with E-state index in [2.05, 4.69) is 20.7 Å². The van der Waals surface area contributed by atoms with Crippen molar-refractivity contribution in [3.05, 3.63) is 28.4 Å². The van der Waals surface area contributed by atoms with Crippen molar-refractivity contribution in [3.8, 4) is 0 Å². The summed E-state index contributed by atoms with van der Waals surface area (Å²) < 4.78 is 6.69. The van der Waals surface area contributed by atoms with Crippen molar-refractivity contribution in [3.63, 3.8) is 0 Å². The molecule has 24 heavy (non-hydrogen) atoms. The second kappa shape index (κ2) is 7.70. The van der Waals surface area contributed by atoms with E-state index in [1.165, 1.54) is 0 Å². The van der Waals surface area contributed by atoms with Crippen LogP contribution in [0.1, 0.15) is 60.4 Å². The van der Waals surface area contributed by atoms with Crippen LogP contribution in [0.3, 0.4) is 0 Å². The number of carbonyl (C=O) groups excluding carboxylic acids is 1. The summed E-state index contributed by atoms with van der Waals surface area (Å²) in [6, 6.07) is 0.224. The Kier molecular flexibility index (Phi) is 5.61. The number of carbonyl (C=O) groups is 1. The van der Waals surface area contributed by atoms with Gasteiger partial charge in [-0.15, -0.1) is 11.3 Å². The lowest BCUT2D eigenvalue weighted by molar-refractivity contribution is 0.0897. The first-order valence-electron chi connectivity index (χ1n) is 8.41. The molecule has 0 radical (unpaired) electrons. The van der Waals surface area contributed by atoms with Crippen molar-refractivity contribution < 1.29 is 9.21 Å². The number of nitrogens with one attached hydrogen (secondary N) is 1. The van der Waals surface area contributed by atoms with E-state index in [-0.39, 0.29) is 11.9 Å². The fraction of sp³-hybridized carbons (Fsp3) is 0.588. The van der Waals surface area contributed by atoms with Gasteiger partial charge in [0.2, 0.25) is 5.76 Å². The summed E-state index contributed by atoms with van der Waals surface area (Å²) in [5.41, 5.74) is 1.77. The normalized spacial score (nSPS) is 21.0. The van der Waals surface area contributed by atoms with E-state index in [1.54, 1.807) is 11.3 Å². The zero-order valence-electron chi connectivity index (χ0n) is 14.3. The Labute approximate surface area is 150 Å². The number of nitrogens with zero attached hydrogens (tertiary/aromatic N) is 2. The van der Waals surface area contributed by atoms with Gasteiger partial charge in [-0.05, 0) is 39.5 Å². The number of rotatable bonds is 5. The molecule has 0 atom stereocenters. The van der Waals surface area contributed by atoms with E-state index in [0.29, 0.717) is 29.0 Å². The molecule has 0 bridgehead atoms. The number of oxazole rings is 1. The molecule has 0 saturated heterocycles. The minimum absolute atomic E-state index is 0.133. The maximum atomic E-state index is 12.4. The van der Waals surface area contributed by atoms with Gasteiger partial charge in [0.05, 0.1) is 5.69 Å². The van der Waals surface area contributed by atoms with E-state index in [1.807, 2.05) is 32.5 Å². The van der Waals surface area contributed by atoms with Crippen molar-refractivity contribution >= 4 is 29.0 Å². The molecule has 130 valence electrons. The largest absolute Gasteiger partial charge is 0.435 e. The van der Waals surface area contributed by atoms with Crippen LogP contribution in [0.2, 0.25) is 0 Å². The van der Waals surface area contributed by atoms with Gasteiger partial charge in [-0.25, -0.2) is 9.97 Å². The highest BCUT2D eigenvalue weighted by Gasteiger charge is 2.26. The van der Waals surface area contributed by atoms with Crippen LogP contribution in [0.15, 0.2) is 14.1 Å². The first kappa shape index (κ1) is 17.5. The molecule has 3 rings (SSSR count). The third-order valence-corrected chi connectivity index (χ3v) is 6.65. The Hall–Kier alpha value is -1.34. The number of thioether (sulfide) groups is 1. The molecule has 2 aromatic rings. The fourth-order valence-electron chi connectivity index (χ4n) is 2.92. The van der Waals surface area contributed by atoms with E-state index in [4.69, 9.17) is 4.42 Å². The van der Waals surface area contributed by atoms with Gasteiger partial charge in [-0.2, -0.15) is 0 Å². The van der Waals surface area contributed by atoms with Crippen LogP contribution in [0.5, 0.6) is 0 Å². The lowest BCUT2D eigenvalue weighted by Gasteiger charge is -2.28.